The third-order valence-electron chi connectivity index (χ3n) is 4.96. The second-order valence-corrected chi connectivity index (χ2v) is 6.69. The first kappa shape index (κ1) is 19.6. The molecule has 1 aromatic rings. The van der Waals surface area contributed by atoms with Crippen LogP contribution in [0.2, 0.25) is 0 Å². The zero-order chi connectivity index (χ0) is 18.4. The minimum absolute atomic E-state index is 0.000232. The Labute approximate surface area is 148 Å². The van der Waals surface area contributed by atoms with E-state index < -0.39 is 11.6 Å². The smallest absolute Gasteiger partial charge is 0.191 e. The van der Waals surface area contributed by atoms with Crippen molar-refractivity contribution < 1.29 is 13.5 Å². The summed E-state index contributed by atoms with van der Waals surface area (Å²) >= 11 is 0. The van der Waals surface area contributed by atoms with Gasteiger partial charge in [0.05, 0.1) is 6.04 Å². The van der Waals surface area contributed by atoms with Crippen LogP contribution in [0.4, 0.5) is 8.78 Å². The van der Waals surface area contributed by atoms with Gasteiger partial charge in [-0.05, 0) is 39.9 Å². The van der Waals surface area contributed by atoms with E-state index in [0.29, 0.717) is 18.1 Å². The first-order valence-electron chi connectivity index (χ1n) is 8.55. The van der Waals surface area contributed by atoms with Gasteiger partial charge in [-0.25, -0.2) is 8.78 Å². The standard InChI is InChI=1S/C18H28F2N4O/c1-13(15-6-5-14(19)11-16(15)20)23-17(21-2)22-12-18(24(3)4)7-9-25-10-8-18/h5-6,11,13H,7-10,12H2,1-4H3,(H2,21,22,23). The van der Waals surface area contributed by atoms with E-state index in [1.165, 1.54) is 12.1 Å². The van der Waals surface area contributed by atoms with Crippen molar-refractivity contribution in [3.05, 3.63) is 35.4 Å². The Balaban J connectivity index is 2.00. The molecule has 1 unspecified atom stereocenters. The molecular formula is C18H28F2N4O. The highest BCUT2D eigenvalue weighted by Gasteiger charge is 2.34. The number of likely N-dealkylation sites (N-methyl/N-ethyl adjacent to an activating group) is 1. The van der Waals surface area contributed by atoms with E-state index in [2.05, 4.69) is 34.6 Å². The highest BCUT2D eigenvalue weighted by atomic mass is 19.1. The van der Waals surface area contributed by atoms with E-state index in [1.807, 2.05) is 6.92 Å². The summed E-state index contributed by atoms with van der Waals surface area (Å²) in [6.45, 7) is 4.01. The average molecular weight is 354 g/mol. The van der Waals surface area contributed by atoms with E-state index in [9.17, 15) is 8.78 Å². The lowest BCUT2D eigenvalue weighted by Gasteiger charge is -2.43. The number of aliphatic imine (C=N–C) groups is 1. The summed E-state index contributed by atoms with van der Waals surface area (Å²) in [5.74, 6) is -0.558. The molecule has 0 aliphatic carbocycles. The Morgan fingerprint density at radius 2 is 2.00 bits per heavy atom. The van der Waals surface area contributed by atoms with Gasteiger partial charge in [0.15, 0.2) is 5.96 Å². The molecule has 1 fully saturated rings. The van der Waals surface area contributed by atoms with Crippen LogP contribution in [0.3, 0.4) is 0 Å². The molecule has 7 heteroatoms. The highest BCUT2D eigenvalue weighted by molar-refractivity contribution is 5.80. The van der Waals surface area contributed by atoms with Gasteiger partial charge in [0, 0.05) is 44.0 Å². The predicted octanol–water partition coefficient (Wildman–Crippen LogP) is 2.30. The van der Waals surface area contributed by atoms with Crippen molar-refractivity contribution in [3.63, 3.8) is 0 Å². The van der Waals surface area contributed by atoms with Crippen LogP contribution in [0.5, 0.6) is 0 Å². The third kappa shape index (κ3) is 4.89. The van der Waals surface area contributed by atoms with Crippen LogP contribution in [-0.4, -0.2) is 57.3 Å². The zero-order valence-corrected chi connectivity index (χ0v) is 15.4. The van der Waals surface area contributed by atoms with Crippen LogP contribution in [0.25, 0.3) is 0 Å². The van der Waals surface area contributed by atoms with Gasteiger partial charge in [0.1, 0.15) is 11.6 Å². The Kier molecular flexibility index (Phi) is 6.72. The van der Waals surface area contributed by atoms with Crippen molar-refractivity contribution in [1.82, 2.24) is 15.5 Å². The molecule has 1 aliphatic rings. The van der Waals surface area contributed by atoms with E-state index in [1.54, 1.807) is 7.05 Å². The highest BCUT2D eigenvalue weighted by Crippen LogP contribution is 2.25. The average Bonchev–Trinajstić information content (AvgIpc) is 2.59. The Morgan fingerprint density at radius 3 is 2.56 bits per heavy atom. The lowest BCUT2D eigenvalue weighted by molar-refractivity contribution is -0.00502. The van der Waals surface area contributed by atoms with Crippen molar-refractivity contribution in [2.75, 3.05) is 40.9 Å². The maximum atomic E-state index is 13.9. The van der Waals surface area contributed by atoms with Crippen LogP contribution in [-0.2, 0) is 4.74 Å². The second kappa shape index (κ2) is 8.58. The minimum atomic E-state index is -0.580. The number of rotatable bonds is 5. The third-order valence-corrected chi connectivity index (χ3v) is 4.96. The van der Waals surface area contributed by atoms with Crippen LogP contribution >= 0.6 is 0 Å². The number of halogens is 2. The van der Waals surface area contributed by atoms with Crippen molar-refractivity contribution in [1.29, 1.82) is 0 Å². The van der Waals surface area contributed by atoms with Crippen LogP contribution in [0.1, 0.15) is 31.4 Å². The Bertz CT molecular complexity index is 601. The van der Waals surface area contributed by atoms with Crippen molar-refractivity contribution >= 4 is 5.96 Å². The number of nitrogens with zero attached hydrogens (tertiary/aromatic N) is 2. The summed E-state index contributed by atoms with van der Waals surface area (Å²) in [5.41, 5.74) is 0.401. The number of hydrogen-bond acceptors (Lipinski definition) is 3. The number of ether oxygens (including phenoxy) is 1. The van der Waals surface area contributed by atoms with Gasteiger partial charge in [-0.15, -0.1) is 0 Å². The molecule has 1 aromatic carbocycles. The molecule has 0 amide bonds. The molecule has 0 saturated carbocycles. The van der Waals surface area contributed by atoms with Gasteiger partial charge in [0.2, 0.25) is 0 Å². The van der Waals surface area contributed by atoms with Crippen LogP contribution < -0.4 is 10.6 Å². The van der Waals surface area contributed by atoms with E-state index in [4.69, 9.17) is 4.74 Å². The maximum absolute atomic E-state index is 13.9. The molecule has 0 aromatic heterocycles. The first-order valence-corrected chi connectivity index (χ1v) is 8.55. The van der Waals surface area contributed by atoms with Gasteiger partial charge >= 0.3 is 0 Å². The van der Waals surface area contributed by atoms with Gasteiger partial charge < -0.3 is 20.3 Å². The fourth-order valence-electron chi connectivity index (χ4n) is 3.11. The summed E-state index contributed by atoms with van der Waals surface area (Å²) < 4.78 is 32.5. The van der Waals surface area contributed by atoms with Crippen molar-refractivity contribution in [3.8, 4) is 0 Å². The first-order chi connectivity index (χ1) is 11.9. The fraction of sp³-hybridized carbons (Fsp3) is 0.611. The zero-order valence-electron chi connectivity index (χ0n) is 15.4. The summed E-state index contributed by atoms with van der Waals surface area (Å²) in [5, 5.41) is 6.50. The molecule has 25 heavy (non-hydrogen) atoms. The van der Waals surface area contributed by atoms with E-state index >= 15 is 0 Å². The largest absolute Gasteiger partial charge is 0.381 e. The van der Waals surface area contributed by atoms with Crippen molar-refractivity contribution in [2.45, 2.75) is 31.3 Å². The Morgan fingerprint density at radius 1 is 1.32 bits per heavy atom. The summed E-state index contributed by atoms with van der Waals surface area (Å²) in [6.07, 6.45) is 1.87. The summed E-state index contributed by atoms with van der Waals surface area (Å²) in [7, 11) is 5.81. The molecule has 140 valence electrons. The van der Waals surface area contributed by atoms with Gasteiger partial charge in [-0.1, -0.05) is 6.07 Å². The summed E-state index contributed by atoms with van der Waals surface area (Å²) in [4.78, 5) is 6.44. The van der Waals surface area contributed by atoms with Crippen LogP contribution in [0, 0.1) is 11.6 Å². The normalized spacial score (nSPS) is 18.9. The Hall–Kier alpha value is -1.73. The molecule has 2 rings (SSSR count). The number of benzene rings is 1. The SMILES string of the molecule is CN=C(NCC1(N(C)C)CCOCC1)NC(C)c1ccc(F)cc1F. The fourth-order valence-corrected chi connectivity index (χ4v) is 3.11. The maximum Gasteiger partial charge on any atom is 0.191 e. The van der Waals surface area contributed by atoms with Crippen LogP contribution in [0.15, 0.2) is 23.2 Å². The molecule has 1 aliphatic heterocycles. The summed E-state index contributed by atoms with van der Waals surface area (Å²) in [6, 6.07) is 3.27. The lowest BCUT2D eigenvalue weighted by atomic mass is 9.88. The molecule has 0 radical (unpaired) electrons. The minimum Gasteiger partial charge on any atom is -0.381 e. The molecular weight excluding hydrogens is 326 g/mol. The van der Waals surface area contributed by atoms with E-state index in [0.717, 1.165) is 32.1 Å². The molecule has 2 N–H and O–H groups in total. The number of guanidine groups is 1. The molecule has 5 nitrogen and oxygen atoms in total. The molecule has 1 saturated heterocycles. The lowest BCUT2D eigenvalue weighted by Crippen LogP contribution is -2.57. The van der Waals surface area contributed by atoms with Gasteiger partial charge in [0.25, 0.3) is 0 Å². The molecule has 1 heterocycles. The van der Waals surface area contributed by atoms with Crippen molar-refractivity contribution in [2.24, 2.45) is 4.99 Å². The second-order valence-electron chi connectivity index (χ2n) is 6.69. The molecule has 0 bridgehead atoms. The molecule has 1 atom stereocenters. The number of nitrogens with one attached hydrogen (secondary N) is 2. The monoisotopic (exact) mass is 354 g/mol. The molecule has 0 spiro atoms. The van der Waals surface area contributed by atoms with E-state index in [-0.39, 0.29) is 11.6 Å². The topological polar surface area (TPSA) is 48.9 Å². The predicted molar refractivity (Wildman–Crippen MR) is 95.7 cm³/mol. The van der Waals surface area contributed by atoms with Gasteiger partial charge in [-0.3, -0.25) is 4.99 Å². The van der Waals surface area contributed by atoms with Gasteiger partial charge in [-0.2, -0.15) is 0 Å². The number of hydrogen-bond donors (Lipinski definition) is 2. The quantitative estimate of drug-likeness (QED) is 0.629.